The molecule has 0 radical (unpaired) electrons. The molecule has 90 valence electrons. The first kappa shape index (κ1) is 12.9. The molecule has 0 aromatic rings. The Balaban J connectivity index is 2.62. The second-order valence-corrected chi connectivity index (χ2v) is 6.74. The summed E-state index contributed by atoms with van der Waals surface area (Å²) in [5.74, 6) is 0.321. The van der Waals surface area contributed by atoms with Crippen LogP contribution in [0.1, 0.15) is 26.7 Å². The molecule has 0 aromatic heterocycles. The van der Waals surface area contributed by atoms with Crippen molar-refractivity contribution in [2.45, 2.75) is 32.8 Å². The Hall–Kier alpha value is -0.130. The van der Waals surface area contributed by atoms with E-state index in [9.17, 15) is 13.5 Å². The van der Waals surface area contributed by atoms with Crippen molar-refractivity contribution in [3.8, 4) is 0 Å². The van der Waals surface area contributed by atoms with Gasteiger partial charge in [0.2, 0.25) is 0 Å². The Bertz CT molecular complexity index is 299. The predicted octanol–water partition coefficient (Wildman–Crippen LogP) is 0.599. The second kappa shape index (κ2) is 4.80. The van der Waals surface area contributed by atoms with E-state index in [1.165, 1.54) is 0 Å². The average Bonchev–Trinajstić information content (AvgIpc) is 2.58. The largest absolute Gasteiger partial charge is 0.396 e. The highest BCUT2D eigenvalue weighted by Gasteiger charge is 2.41. The van der Waals surface area contributed by atoms with Crippen LogP contribution in [0.4, 0.5) is 0 Å². The van der Waals surface area contributed by atoms with E-state index in [1.54, 1.807) is 6.92 Å². The van der Waals surface area contributed by atoms with Gasteiger partial charge in [-0.05, 0) is 19.8 Å². The molecule has 5 heteroatoms. The molecule has 0 bridgehead atoms. The number of aliphatic hydroxyl groups is 1. The van der Waals surface area contributed by atoms with Crippen LogP contribution in [0.25, 0.3) is 0 Å². The van der Waals surface area contributed by atoms with E-state index in [4.69, 9.17) is 4.74 Å². The maximum Gasteiger partial charge on any atom is 0.150 e. The van der Waals surface area contributed by atoms with E-state index in [1.807, 2.05) is 6.92 Å². The lowest BCUT2D eigenvalue weighted by Crippen LogP contribution is -2.35. The lowest BCUT2D eigenvalue weighted by atomic mass is 9.80. The molecule has 1 aliphatic heterocycles. The van der Waals surface area contributed by atoms with Crippen molar-refractivity contribution in [2.75, 3.05) is 24.7 Å². The van der Waals surface area contributed by atoms with E-state index < -0.39 is 9.84 Å². The number of ether oxygens (including phenoxy) is 1. The molecule has 0 aliphatic carbocycles. The summed E-state index contributed by atoms with van der Waals surface area (Å²) in [6.07, 6.45) is 1.21. The monoisotopic (exact) mass is 236 g/mol. The highest BCUT2D eigenvalue weighted by Crippen LogP contribution is 2.38. The fourth-order valence-electron chi connectivity index (χ4n) is 1.94. The molecular weight excluding hydrogens is 216 g/mol. The predicted molar refractivity (Wildman–Crippen MR) is 58.5 cm³/mol. The Morgan fingerprint density at radius 2 is 2.20 bits per heavy atom. The smallest absolute Gasteiger partial charge is 0.150 e. The highest BCUT2D eigenvalue weighted by atomic mass is 32.2. The van der Waals surface area contributed by atoms with Crippen LogP contribution < -0.4 is 0 Å². The van der Waals surface area contributed by atoms with Gasteiger partial charge in [-0.15, -0.1) is 0 Å². The molecule has 1 aliphatic rings. The first-order valence-electron chi connectivity index (χ1n) is 5.39. The molecule has 1 rings (SSSR count). The summed E-state index contributed by atoms with van der Waals surface area (Å²) < 4.78 is 28.2. The lowest BCUT2D eigenvalue weighted by molar-refractivity contribution is 0.0252. The minimum atomic E-state index is -2.95. The zero-order valence-corrected chi connectivity index (χ0v) is 10.2. The van der Waals surface area contributed by atoms with Crippen molar-refractivity contribution in [1.82, 2.24) is 0 Å². The molecule has 2 atom stereocenters. The minimum Gasteiger partial charge on any atom is -0.396 e. The molecule has 1 fully saturated rings. The molecule has 2 unspecified atom stereocenters. The van der Waals surface area contributed by atoms with E-state index >= 15 is 0 Å². The first-order chi connectivity index (χ1) is 6.96. The van der Waals surface area contributed by atoms with Gasteiger partial charge in [0.05, 0.1) is 18.5 Å². The van der Waals surface area contributed by atoms with Gasteiger partial charge >= 0.3 is 0 Å². The van der Waals surface area contributed by atoms with Crippen molar-refractivity contribution in [3.63, 3.8) is 0 Å². The maximum absolute atomic E-state index is 11.4. The molecular formula is C10H20O4S. The Kier molecular flexibility index (Phi) is 4.14. The van der Waals surface area contributed by atoms with E-state index in [0.29, 0.717) is 13.0 Å². The molecule has 1 N–H and O–H groups in total. The van der Waals surface area contributed by atoms with Crippen molar-refractivity contribution in [1.29, 1.82) is 0 Å². The third-order valence-corrected chi connectivity index (χ3v) is 5.20. The zero-order valence-electron chi connectivity index (χ0n) is 9.40. The summed E-state index contributed by atoms with van der Waals surface area (Å²) >= 11 is 0. The van der Waals surface area contributed by atoms with Gasteiger partial charge in [0, 0.05) is 17.8 Å². The van der Waals surface area contributed by atoms with Crippen LogP contribution in [0.15, 0.2) is 0 Å². The Labute approximate surface area is 91.6 Å². The van der Waals surface area contributed by atoms with Crippen LogP contribution in [0.5, 0.6) is 0 Å². The van der Waals surface area contributed by atoms with Crippen LogP contribution in [0.2, 0.25) is 0 Å². The van der Waals surface area contributed by atoms with Gasteiger partial charge in [-0.1, -0.05) is 6.92 Å². The SMILES string of the molecule is CCS(=O)(=O)CCC1(CO)CCOC1C. The molecule has 0 aromatic carbocycles. The van der Waals surface area contributed by atoms with Crippen LogP contribution in [-0.2, 0) is 14.6 Å². The van der Waals surface area contributed by atoms with Crippen molar-refractivity contribution in [3.05, 3.63) is 0 Å². The summed E-state index contributed by atoms with van der Waals surface area (Å²) in [6.45, 7) is 4.18. The standard InChI is InChI=1S/C10H20O4S/c1-3-15(12,13)7-5-10(8-11)4-6-14-9(10)2/h9,11H,3-8H2,1-2H3. The Morgan fingerprint density at radius 1 is 1.53 bits per heavy atom. The summed E-state index contributed by atoms with van der Waals surface area (Å²) in [7, 11) is -2.95. The van der Waals surface area contributed by atoms with E-state index in [0.717, 1.165) is 6.42 Å². The van der Waals surface area contributed by atoms with Crippen LogP contribution >= 0.6 is 0 Å². The van der Waals surface area contributed by atoms with Gasteiger partial charge < -0.3 is 9.84 Å². The molecule has 0 amide bonds. The Morgan fingerprint density at radius 3 is 2.60 bits per heavy atom. The molecule has 15 heavy (non-hydrogen) atoms. The first-order valence-corrected chi connectivity index (χ1v) is 7.21. The van der Waals surface area contributed by atoms with Gasteiger partial charge in [0.15, 0.2) is 0 Å². The van der Waals surface area contributed by atoms with Crippen LogP contribution in [-0.4, -0.2) is 44.3 Å². The molecule has 1 heterocycles. The fraction of sp³-hybridized carbons (Fsp3) is 1.00. The molecule has 4 nitrogen and oxygen atoms in total. The topological polar surface area (TPSA) is 63.6 Å². The number of aliphatic hydroxyl groups excluding tert-OH is 1. The lowest BCUT2D eigenvalue weighted by Gasteiger charge is -2.29. The summed E-state index contributed by atoms with van der Waals surface area (Å²) in [5.41, 5.74) is -0.345. The summed E-state index contributed by atoms with van der Waals surface area (Å²) in [4.78, 5) is 0. The van der Waals surface area contributed by atoms with Crippen LogP contribution in [0.3, 0.4) is 0 Å². The van der Waals surface area contributed by atoms with Gasteiger partial charge in [-0.3, -0.25) is 0 Å². The number of rotatable bonds is 5. The fourth-order valence-corrected chi connectivity index (χ4v) is 2.94. The number of sulfone groups is 1. The number of hydrogen-bond donors (Lipinski definition) is 1. The van der Waals surface area contributed by atoms with Gasteiger partial charge in [0.1, 0.15) is 9.84 Å². The van der Waals surface area contributed by atoms with Crippen LogP contribution in [0, 0.1) is 5.41 Å². The molecule has 0 spiro atoms. The normalized spacial score (nSPS) is 32.1. The minimum absolute atomic E-state index is 0.00734. The van der Waals surface area contributed by atoms with Crippen molar-refractivity contribution >= 4 is 9.84 Å². The summed E-state index contributed by atoms with van der Waals surface area (Å²) in [6, 6.07) is 0. The number of hydrogen-bond acceptors (Lipinski definition) is 4. The third-order valence-electron chi connectivity index (χ3n) is 3.50. The molecule has 1 saturated heterocycles. The average molecular weight is 236 g/mol. The van der Waals surface area contributed by atoms with E-state index in [-0.39, 0.29) is 29.6 Å². The molecule has 0 saturated carbocycles. The highest BCUT2D eigenvalue weighted by molar-refractivity contribution is 7.91. The third kappa shape index (κ3) is 2.92. The zero-order chi connectivity index (χ0) is 11.5. The van der Waals surface area contributed by atoms with Gasteiger partial charge in [0.25, 0.3) is 0 Å². The maximum atomic E-state index is 11.4. The summed E-state index contributed by atoms with van der Waals surface area (Å²) in [5, 5.41) is 9.38. The van der Waals surface area contributed by atoms with Gasteiger partial charge in [-0.25, -0.2) is 8.42 Å². The van der Waals surface area contributed by atoms with Gasteiger partial charge in [-0.2, -0.15) is 0 Å². The van der Waals surface area contributed by atoms with Crippen molar-refractivity contribution < 1.29 is 18.3 Å². The quantitative estimate of drug-likeness (QED) is 0.759. The second-order valence-electron chi connectivity index (χ2n) is 4.27. The van der Waals surface area contributed by atoms with Crippen molar-refractivity contribution in [2.24, 2.45) is 5.41 Å². The van der Waals surface area contributed by atoms with E-state index in [2.05, 4.69) is 0 Å².